The van der Waals surface area contributed by atoms with Gasteiger partial charge in [0.05, 0.1) is 12.6 Å². The van der Waals surface area contributed by atoms with Gasteiger partial charge in [-0.2, -0.15) is 0 Å². The van der Waals surface area contributed by atoms with E-state index in [-0.39, 0.29) is 23.3 Å². The summed E-state index contributed by atoms with van der Waals surface area (Å²) in [4.78, 5) is 16.8. The van der Waals surface area contributed by atoms with Crippen LogP contribution in [0.4, 0.5) is 0 Å². The van der Waals surface area contributed by atoms with Crippen molar-refractivity contribution in [3.05, 3.63) is 16.6 Å². The molecule has 110 valence electrons. The molecule has 2 aliphatic rings. The molecule has 2 fully saturated rings. The van der Waals surface area contributed by atoms with E-state index in [4.69, 9.17) is 10.5 Å². The van der Waals surface area contributed by atoms with Crippen LogP contribution in [0.2, 0.25) is 0 Å². The molecule has 2 heterocycles. The average molecular weight is 295 g/mol. The minimum Gasteiger partial charge on any atom is -0.377 e. The maximum Gasteiger partial charge on any atom is 0.241 e. The van der Waals surface area contributed by atoms with E-state index < -0.39 is 5.54 Å². The normalized spacial score (nSPS) is 35.0. The summed E-state index contributed by atoms with van der Waals surface area (Å²) in [6.45, 7) is 5.29. The van der Waals surface area contributed by atoms with E-state index in [1.807, 2.05) is 19.2 Å². The summed E-state index contributed by atoms with van der Waals surface area (Å²) < 4.78 is 5.82. The molecule has 0 radical (unpaired) electrons. The summed E-state index contributed by atoms with van der Waals surface area (Å²) in [5, 5.41) is 5.74. The molecule has 3 unspecified atom stereocenters. The molecule has 20 heavy (non-hydrogen) atoms. The first-order chi connectivity index (χ1) is 9.48. The molecule has 1 amide bonds. The Morgan fingerprint density at radius 2 is 2.45 bits per heavy atom. The Labute approximate surface area is 122 Å². The van der Waals surface area contributed by atoms with E-state index in [0.717, 1.165) is 24.5 Å². The van der Waals surface area contributed by atoms with Crippen molar-refractivity contribution in [1.29, 1.82) is 0 Å². The third kappa shape index (κ3) is 1.82. The molecular formula is C14H21N3O2S. The fraction of sp³-hybridized carbons (Fsp3) is 0.714. The maximum atomic E-state index is 12.6. The summed E-state index contributed by atoms with van der Waals surface area (Å²) >= 11 is 1.53. The lowest BCUT2D eigenvalue weighted by Gasteiger charge is -2.65. The minimum absolute atomic E-state index is 0.0792. The van der Waals surface area contributed by atoms with Crippen LogP contribution < -0.4 is 11.1 Å². The average Bonchev–Trinajstić information content (AvgIpc) is 2.97. The van der Waals surface area contributed by atoms with Crippen LogP contribution in [0.1, 0.15) is 31.7 Å². The first-order valence-corrected chi connectivity index (χ1v) is 7.93. The lowest BCUT2D eigenvalue weighted by atomic mass is 9.46. The number of carbonyl (C=O) groups excluding carboxylic acids is 1. The highest BCUT2D eigenvalue weighted by atomic mass is 32.1. The molecule has 1 aliphatic carbocycles. The van der Waals surface area contributed by atoms with Crippen LogP contribution in [-0.4, -0.2) is 29.1 Å². The van der Waals surface area contributed by atoms with Crippen LogP contribution in [0.3, 0.4) is 0 Å². The van der Waals surface area contributed by atoms with Gasteiger partial charge in [-0.1, -0.05) is 13.8 Å². The van der Waals surface area contributed by atoms with Gasteiger partial charge in [0, 0.05) is 29.5 Å². The largest absolute Gasteiger partial charge is 0.377 e. The number of nitrogens with zero attached hydrogens (tertiary/aromatic N) is 1. The van der Waals surface area contributed by atoms with Crippen molar-refractivity contribution in [2.75, 3.05) is 6.61 Å². The molecule has 1 saturated heterocycles. The molecule has 6 heteroatoms. The Morgan fingerprint density at radius 3 is 3.15 bits per heavy atom. The Hall–Kier alpha value is -0.980. The summed E-state index contributed by atoms with van der Waals surface area (Å²) in [7, 11) is 0. The highest BCUT2D eigenvalue weighted by Gasteiger charge is 2.70. The SMILES string of the molecule is CC1(C)C2OCCCC2C1(N)C(=O)NCc1nccs1. The third-order valence-corrected chi connectivity index (χ3v) is 5.72. The second-order valence-corrected chi connectivity index (χ2v) is 7.22. The van der Waals surface area contributed by atoms with Gasteiger partial charge < -0.3 is 15.8 Å². The monoisotopic (exact) mass is 295 g/mol. The van der Waals surface area contributed by atoms with Crippen molar-refractivity contribution in [2.24, 2.45) is 17.1 Å². The Bertz CT molecular complexity index is 503. The molecule has 1 saturated carbocycles. The van der Waals surface area contributed by atoms with Gasteiger partial charge in [0.1, 0.15) is 10.5 Å². The molecule has 3 rings (SSSR count). The predicted octanol–water partition coefficient (Wildman–Crippen LogP) is 1.29. The molecule has 0 aromatic carbocycles. The predicted molar refractivity (Wildman–Crippen MR) is 77.1 cm³/mol. The summed E-state index contributed by atoms with van der Waals surface area (Å²) in [5.74, 6) is 0.0481. The number of ether oxygens (including phenoxy) is 1. The highest BCUT2D eigenvalue weighted by molar-refractivity contribution is 7.09. The quantitative estimate of drug-likeness (QED) is 0.881. The van der Waals surface area contributed by atoms with Gasteiger partial charge in [0.2, 0.25) is 5.91 Å². The molecule has 0 spiro atoms. The minimum atomic E-state index is -0.838. The standard InChI is InChI=1S/C14H21N3O2S/c1-13(2)11-9(4-3-6-19-11)14(13,15)12(18)17-8-10-16-5-7-20-10/h5,7,9,11H,3-4,6,8,15H2,1-2H3,(H,17,18). The molecule has 1 aliphatic heterocycles. The van der Waals surface area contributed by atoms with Crippen LogP contribution in [-0.2, 0) is 16.1 Å². The topological polar surface area (TPSA) is 77.2 Å². The molecule has 1 aromatic rings. The summed E-state index contributed by atoms with van der Waals surface area (Å²) in [5.41, 5.74) is 5.34. The van der Waals surface area contributed by atoms with Crippen LogP contribution in [0.5, 0.6) is 0 Å². The zero-order chi connectivity index (χ0) is 14.4. The van der Waals surface area contributed by atoms with Crippen molar-refractivity contribution in [1.82, 2.24) is 10.3 Å². The lowest BCUT2D eigenvalue weighted by molar-refractivity contribution is -0.225. The first kappa shape index (κ1) is 14.0. The van der Waals surface area contributed by atoms with Crippen LogP contribution in [0, 0.1) is 11.3 Å². The number of hydrogen-bond acceptors (Lipinski definition) is 5. The highest BCUT2D eigenvalue weighted by Crippen LogP contribution is 2.57. The number of nitrogens with two attached hydrogens (primary N) is 1. The maximum absolute atomic E-state index is 12.6. The van der Waals surface area contributed by atoms with E-state index in [1.165, 1.54) is 11.3 Å². The Morgan fingerprint density at radius 1 is 1.65 bits per heavy atom. The van der Waals surface area contributed by atoms with Crippen molar-refractivity contribution in [2.45, 2.75) is 44.9 Å². The second-order valence-electron chi connectivity index (χ2n) is 6.24. The van der Waals surface area contributed by atoms with Gasteiger partial charge in [-0.25, -0.2) is 4.98 Å². The Kier molecular flexibility index (Phi) is 3.35. The summed E-state index contributed by atoms with van der Waals surface area (Å²) in [6, 6.07) is 0. The lowest BCUT2D eigenvalue weighted by Crippen LogP contribution is -2.82. The zero-order valence-corrected chi connectivity index (χ0v) is 12.7. The summed E-state index contributed by atoms with van der Waals surface area (Å²) in [6.07, 6.45) is 3.79. The van der Waals surface area contributed by atoms with E-state index in [1.54, 1.807) is 6.20 Å². The van der Waals surface area contributed by atoms with E-state index >= 15 is 0 Å². The van der Waals surface area contributed by atoms with Gasteiger partial charge >= 0.3 is 0 Å². The second kappa shape index (κ2) is 4.79. The van der Waals surface area contributed by atoms with Crippen LogP contribution >= 0.6 is 11.3 Å². The number of carbonyl (C=O) groups is 1. The third-order valence-electron chi connectivity index (χ3n) is 4.94. The van der Waals surface area contributed by atoms with Gasteiger partial charge in [-0.15, -0.1) is 11.3 Å². The smallest absolute Gasteiger partial charge is 0.241 e. The number of thiazole rings is 1. The molecule has 1 aromatic heterocycles. The van der Waals surface area contributed by atoms with Crippen molar-refractivity contribution in [3.63, 3.8) is 0 Å². The van der Waals surface area contributed by atoms with Crippen LogP contribution in [0.25, 0.3) is 0 Å². The van der Waals surface area contributed by atoms with E-state index in [2.05, 4.69) is 10.3 Å². The van der Waals surface area contributed by atoms with Crippen LogP contribution in [0.15, 0.2) is 11.6 Å². The van der Waals surface area contributed by atoms with E-state index in [9.17, 15) is 4.79 Å². The number of aromatic nitrogens is 1. The van der Waals surface area contributed by atoms with Gasteiger partial charge in [-0.05, 0) is 12.8 Å². The number of rotatable bonds is 3. The van der Waals surface area contributed by atoms with Gasteiger partial charge in [-0.3, -0.25) is 4.79 Å². The fourth-order valence-electron chi connectivity index (χ4n) is 3.68. The molecule has 5 nitrogen and oxygen atoms in total. The van der Waals surface area contributed by atoms with Crippen molar-refractivity contribution in [3.8, 4) is 0 Å². The van der Waals surface area contributed by atoms with Gasteiger partial charge in [0.15, 0.2) is 0 Å². The molecule has 3 atom stereocenters. The van der Waals surface area contributed by atoms with Crippen molar-refractivity contribution >= 4 is 17.2 Å². The van der Waals surface area contributed by atoms with E-state index in [0.29, 0.717) is 6.54 Å². The molecular weight excluding hydrogens is 274 g/mol. The zero-order valence-electron chi connectivity index (χ0n) is 11.9. The van der Waals surface area contributed by atoms with Gasteiger partial charge in [0.25, 0.3) is 0 Å². The van der Waals surface area contributed by atoms with Crippen molar-refractivity contribution < 1.29 is 9.53 Å². The molecule has 3 N–H and O–H groups in total. The fourth-order valence-corrected chi connectivity index (χ4v) is 4.24. The molecule has 0 bridgehead atoms. The number of fused-ring (bicyclic) bond motifs is 1. The number of amides is 1. The Balaban J connectivity index is 1.72. The number of hydrogen-bond donors (Lipinski definition) is 2. The number of nitrogens with one attached hydrogen (secondary N) is 1. The first-order valence-electron chi connectivity index (χ1n) is 7.05.